The van der Waals surface area contributed by atoms with Crippen LogP contribution in [0.2, 0.25) is 0 Å². The number of aryl methyl sites for hydroxylation is 1. The fourth-order valence-corrected chi connectivity index (χ4v) is 3.66. The number of ether oxygens (including phenoxy) is 2. The number of amides is 1. The summed E-state index contributed by atoms with van der Waals surface area (Å²) in [5.41, 5.74) is 7.65. The molecule has 1 unspecified atom stereocenters. The van der Waals surface area contributed by atoms with Gasteiger partial charge in [0.25, 0.3) is 5.91 Å². The van der Waals surface area contributed by atoms with E-state index in [9.17, 15) is 4.79 Å². The van der Waals surface area contributed by atoms with E-state index in [1.165, 1.54) is 24.2 Å². The van der Waals surface area contributed by atoms with E-state index in [0.29, 0.717) is 34.5 Å². The lowest BCUT2D eigenvalue weighted by Gasteiger charge is -2.10. The topological polar surface area (TPSA) is 86.5 Å². The Balaban J connectivity index is 1.76. The number of hydrogen-bond donors (Lipinski definition) is 2. The molecule has 0 saturated heterocycles. The Morgan fingerprint density at radius 2 is 2.08 bits per heavy atom. The van der Waals surface area contributed by atoms with E-state index < -0.39 is 0 Å². The van der Waals surface area contributed by atoms with E-state index in [4.69, 9.17) is 15.2 Å². The Bertz CT molecular complexity index is 771. The largest absolute Gasteiger partial charge is 0.493 e. The fourth-order valence-electron chi connectivity index (χ4n) is 2.68. The smallest absolute Gasteiger partial charge is 0.263 e. The highest BCUT2D eigenvalue weighted by Gasteiger charge is 2.29. The van der Waals surface area contributed by atoms with Gasteiger partial charge < -0.3 is 20.5 Å². The molecule has 2 aromatic rings. The van der Waals surface area contributed by atoms with Crippen LogP contribution in [0.25, 0.3) is 10.6 Å². The maximum Gasteiger partial charge on any atom is 0.263 e. The standard InChI is InChI=1S/C18H23N3O3S/c1-10-16(17(22)20-9-13(19)11-4-5-11)25-18(21-10)12-6-7-14(23-2)15(8-12)24-3/h6-8,11,13H,4-5,9,19H2,1-3H3,(H,20,22). The number of hydrogen-bond acceptors (Lipinski definition) is 6. The maximum atomic E-state index is 12.4. The van der Waals surface area contributed by atoms with Crippen molar-refractivity contribution in [2.75, 3.05) is 20.8 Å². The molecule has 1 saturated carbocycles. The molecule has 1 aromatic carbocycles. The molecule has 134 valence electrons. The van der Waals surface area contributed by atoms with E-state index >= 15 is 0 Å². The number of rotatable bonds is 7. The number of methoxy groups -OCH3 is 2. The van der Waals surface area contributed by atoms with E-state index in [1.807, 2.05) is 25.1 Å². The number of benzene rings is 1. The molecule has 1 atom stereocenters. The number of carbonyl (C=O) groups excluding carboxylic acids is 1. The molecule has 1 aliphatic rings. The first-order valence-corrected chi connectivity index (χ1v) is 9.08. The molecule has 1 amide bonds. The number of nitrogens with one attached hydrogen (secondary N) is 1. The van der Waals surface area contributed by atoms with Gasteiger partial charge in [0.05, 0.1) is 19.9 Å². The average Bonchev–Trinajstić information content (AvgIpc) is 3.41. The Hall–Kier alpha value is -2.12. The summed E-state index contributed by atoms with van der Waals surface area (Å²) in [6.45, 7) is 2.35. The van der Waals surface area contributed by atoms with Crippen molar-refractivity contribution < 1.29 is 14.3 Å². The van der Waals surface area contributed by atoms with E-state index in [0.717, 1.165) is 10.6 Å². The molecule has 1 fully saturated rings. The van der Waals surface area contributed by atoms with Gasteiger partial charge in [0.15, 0.2) is 11.5 Å². The Labute approximate surface area is 151 Å². The lowest BCUT2D eigenvalue weighted by Crippen LogP contribution is -2.38. The molecule has 0 bridgehead atoms. The van der Waals surface area contributed by atoms with Crippen LogP contribution in [0.4, 0.5) is 0 Å². The van der Waals surface area contributed by atoms with Crippen LogP contribution in [-0.2, 0) is 0 Å². The molecule has 6 nitrogen and oxygen atoms in total. The molecule has 1 aliphatic carbocycles. The van der Waals surface area contributed by atoms with Crippen molar-refractivity contribution in [1.82, 2.24) is 10.3 Å². The van der Waals surface area contributed by atoms with Crippen molar-refractivity contribution in [3.63, 3.8) is 0 Å². The minimum Gasteiger partial charge on any atom is -0.493 e. The first kappa shape index (κ1) is 17.7. The van der Waals surface area contributed by atoms with E-state index in [-0.39, 0.29) is 11.9 Å². The van der Waals surface area contributed by atoms with E-state index in [2.05, 4.69) is 10.3 Å². The Kier molecular flexibility index (Phi) is 5.24. The lowest BCUT2D eigenvalue weighted by molar-refractivity contribution is 0.0953. The highest BCUT2D eigenvalue weighted by atomic mass is 32.1. The molecule has 0 radical (unpaired) electrons. The molecular weight excluding hydrogens is 338 g/mol. The zero-order valence-corrected chi connectivity index (χ0v) is 15.5. The number of thiazole rings is 1. The number of nitrogens with zero attached hydrogens (tertiary/aromatic N) is 1. The zero-order valence-electron chi connectivity index (χ0n) is 14.7. The summed E-state index contributed by atoms with van der Waals surface area (Å²) in [6, 6.07) is 5.65. The lowest BCUT2D eigenvalue weighted by atomic mass is 10.2. The highest BCUT2D eigenvalue weighted by molar-refractivity contribution is 7.17. The highest BCUT2D eigenvalue weighted by Crippen LogP contribution is 2.35. The maximum absolute atomic E-state index is 12.4. The van der Waals surface area contributed by atoms with Gasteiger partial charge in [-0.25, -0.2) is 4.98 Å². The van der Waals surface area contributed by atoms with Gasteiger partial charge in [-0.1, -0.05) is 0 Å². The fraction of sp³-hybridized carbons (Fsp3) is 0.444. The van der Waals surface area contributed by atoms with Crippen LogP contribution in [0.1, 0.15) is 28.2 Å². The van der Waals surface area contributed by atoms with Gasteiger partial charge >= 0.3 is 0 Å². The summed E-state index contributed by atoms with van der Waals surface area (Å²) < 4.78 is 10.6. The normalized spacial score (nSPS) is 14.9. The minimum absolute atomic E-state index is 0.0440. The van der Waals surface area contributed by atoms with Gasteiger partial charge in [0, 0.05) is 18.2 Å². The van der Waals surface area contributed by atoms with Gasteiger partial charge in [-0.15, -0.1) is 11.3 Å². The number of aromatic nitrogens is 1. The molecule has 0 spiro atoms. The monoisotopic (exact) mass is 361 g/mol. The molecule has 25 heavy (non-hydrogen) atoms. The van der Waals surface area contributed by atoms with Crippen LogP contribution in [-0.4, -0.2) is 37.7 Å². The summed E-state index contributed by atoms with van der Waals surface area (Å²) >= 11 is 1.37. The van der Waals surface area contributed by atoms with Gasteiger partial charge in [0.2, 0.25) is 0 Å². The molecule has 0 aliphatic heterocycles. The van der Waals surface area contributed by atoms with Crippen LogP contribution in [0.3, 0.4) is 0 Å². The van der Waals surface area contributed by atoms with Crippen LogP contribution >= 0.6 is 11.3 Å². The van der Waals surface area contributed by atoms with Crippen LogP contribution < -0.4 is 20.5 Å². The quantitative estimate of drug-likeness (QED) is 0.792. The second kappa shape index (κ2) is 7.41. The van der Waals surface area contributed by atoms with Crippen molar-refractivity contribution >= 4 is 17.2 Å². The first-order valence-electron chi connectivity index (χ1n) is 8.27. The average molecular weight is 361 g/mol. The van der Waals surface area contributed by atoms with Crippen molar-refractivity contribution in [1.29, 1.82) is 0 Å². The summed E-state index contributed by atoms with van der Waals surface area (Å²) in [5, 5.41) is 3.70. The predicted molar refractivity (Wildman–Crippen MR) is 98.4 cm³/mol. The molecule has 1 heterocycles. The van der Waals surface area contributed by atoms with Crippen LogP contribution in [0, 0.1) is 12.8 Å². The molecular formula is C18H23N3O3S. The van der Waals surface area contributed by atoms with Gasteiger partial charge in [0.1, 0.15) is 9.88 Å². The SMILES string of the molecule is COc1ccc(-c2nc(C)c(C(=O)NCC(N)C3CC3)s2)cc1OC. The summed E-state index contributed by atoms with van der Waals surface area (Å²) in [6.07, 6.45) is 2.33. The number of carbonyl (C=O) groups is 1. The summed E-state index contributed by atoms with van der Waals surface area (Å²) in [5.74, 6) is 1.74. The van der Waals surface area contributed by atoms with Crippen LogP contribution in [0.5, 0.6) is 11.5 Å². The van der Waals surface area contributed by atoms with Crippen molar-refractivity contribution in [2.45, 2.75) is 25.8 Å². The first-order chi connectivity index (χ1) is 12.0. The van der Waals surface area contributed by atoms with Gasteiger partial charge in [-0.05, 0) is 43.9 Å². The Morgan fingerprint density at radius 1 is 1.36 bits per heavy atom. The molecule has 3 rings (SSSR count). The summed E-state index contributed by atoms with van der Waals surface area (Å²) in [4.78, 5) is 17.6. The van der Waals surface area contributed by atoms with Crippen molar-refractivity contribution in [2.24, 2.45) is 11.7 Å². The summed E-state index contributed by atoms with van der Waals surface area (Å²) in [7, 11) is 3.19. The molecule has 7 heteroatoms. The third-order valence-corrected chi connectivity index (χ3v) is 5.56. The van der Waals surface area contributed by atoms with Gasteiger partial charge in [-0.3, -0.25) is 4.79 Å². The molecule has 3 N–H and O–H groups in total. The second-order valence-corrected chi connectivity index (χ2v) is 7.21. The third kappa shape index (κ3) is 3.93. The van der Waals surface area contributed by atoms with Crippen molar-refractivity contribution in [3.8, 4) is 22.1 Å². The Morgan fingerprint density at radius 3 is 2.72 bits per heavy atom. The van der Waals surface area contributed by atoms with E-state index in [1.54, 1.807) is 14.2 Å². The third-order valence-electron chi connectivity index (χ3n) is 4.36. The van der Waals surface area contributed by atoms with Crippen molar-refractivity contribution in [3.05, 3.63) is 28.8 Å². The minimum atomic E-state index is -0.113. The second-order valence-electron chi connectivity index (χ2n) is 6.21. The molecule has 1 aromatic heterocycles. The number of nitrogens with two attached hydrogens (primary N) is 1. The zero-order chi connectivity index (χ0) is 18.0. The van der Waals surface area contributed by atoms with Gasteiger partial charge in [-0.2, -0.15) is 0 Å². The van der Waals surface area contributed by atoms with Crippen LogP contribution in [0.15, 0.2) is 18.2 Å². The predicted octanol–water partition coefficient (Wildman–Crippen LogP) is 2.60.